The van der Waals surface area contributed by atoms with Crippen LogP contribution >= 0.6 is 0 Å². The zero-order valence-electron chi connectivity index (χ0n) is 32.2. The van der Waals surface area contributed by atoms with Crippen LogP contribution in [0.25, 0.3) is 0 Å². The van der Waals surface area contributed by atoms with Crippen molar-refractivity contribution in [3.05, 3.63) is 12.2 Å². The molecule has 0 N–H and O–H groups in total. The first-order valence-corrected chi connectivity index (χ1v) is 21.8. The van der Waals surface area contributed by atoms with Gasteiger partial charge in [-0.1, -0.05) is 111 Å². The minimum Gasteiger partial charge on any atom is -0.462 e. The molecule has 2 heteroatoms. The van der Waals surface area contributed by atoms with Crippen LogP contribution in [0.3, 0.4) is 0 Å². The summed E-state index contributed by atoms with van der Waals surface area (Å²) in [5, 5.41) is 0. The van der Waals surface area contributed by atoms with Crippen LogP contribution in [0, 0.1) is 59.2 Å². The highest BCUT2D eigenvalue weighted by molar-refractivity contribution is 5.69. The van der Waals surface area contributed by atoms with Gasteiger partial charge in [0.15, 0.2) is 0 Å². The van der Waals surface area contributed by atoms with Crippen molar-refractivity contribution < 1.29 is 9.53 Å². The molecule has 0 heterocycles. The third-order valence-electron chi connectivity index (χ3n) is 14.4. The first-order chi connectivity index (χ1) is 22.9. The molecule has 0 bridgehead atoms. The molecule has 0 spiro atoms. The van der Waals surface area contributed by atoms with Gasteiger partial charge < -0.3 is 4.74 Å². The van der Waals surface area contributed by atoms with Gasteiger partial charge in [0.2, 0.25) is 0 Å². The summed E-state index contributed by atoms with van der Waals surface area (Å²) in [4.78, 5) is 12.7. The largest absolute Gasteiger partial charge is 0.462 e. The fourth-order valence-electron chi connectivity index (χ4n) is 11.6. The molecular weight excluding hydrogens is 572 g/mol. The molecule has 0 radical (unpaired) electrons. The first kappa shape index (κ1) is 39.0. The summed E-state index contributed by atoms with van der Waals surface area (Å²) in [6.45, 7) is 12.2. The Morgan fingerprint density at radius 3 is 1.91 bits per heavy atom. The Kier molecular flexibility index (Phi) is 17.8. The highest BCUT2D eigenvalue weighted by Crippen LogP contribution is 2.60. The van der Waals surface area contributed by atoms with Gasteiger partial charge in [-0.3, -0.25) is 4.79 Å². The van der Waals surface area contributed by atoms with Gasteiger partial charge >= 0.3 is 5.97 Å². The van der Waals surface area contributed by atoms with Crippen molar-refractivity contribution in [1.82, 2.24) is 0 Å². The number of fused-ring (bicyclic) bond motifs is 5. The van der Waals surface area contributed by atoms with Gasteiger partial charge in [0.1, 0.15) is 6.10 Å². The van der Waals surface area contributed by atoms with E-state index in [2.05, 4.69) is 46.8 Å². The Morgan fingerprint density at radius 1 is 0.638 bits per heavy atom. The van der Waals surface area contributed by atoms with E-state index in [4.69, 9.17) is 4.74 Å². The molecule has 10 atom stereocenters. The van der Waals surface area contributed by atoms with Crippen LogP contribution in [0.1, 0.15) is 202 Å². The second kappa shape index (κ2) is 21.4. The molecule has 4 saturated carbocycles. The monoisotopic (exact) mass is 653 g/mol. The van der Waals surface area contributed by atoms with Gasteiger partial charge in [-0.2, -0.15) is 0 Å². The number of hydrogen-bond donors (Lipinski definition) is 0. The van der Waals surface area contributed by atoms with Crippen molar-refractivity contribution in [2.75, 3.05) is 0 Å². The number of ether oxygens (including phenoxy) is 1. The fraction of sp³-hybridized carbons (Fsp3) is 0.933. The number of hydrogen-bond acceptors (Lipinski definition) is 2. The van der Waals surface area contributed by atoms with Gasteiger partial charge in [0, 0.05) is 6.42 Å². The summed E-state index contributed by atoms with van der Waals surface area (Å²) in [5.41, 5.74) is 0. The van der Waals surface area contributed by atoms with Gasteiger partial charge in [0.25, 0.3) is 0 Å². The molecule has 4 aliphatic carbocycles. The maximum Gasteiger partial charge on any atom is 0.306 e. The number of rotatable bonds is 22. The van der Waals surface area contributed by atoms with Crippen LogP contribution in [-0.2, 0) is 9.53 Å². The number of allylic oxidation sites excluding steroid dienone is 2. The van der Waals surface area contributed by atoms with Crippen LogP contribution in [-0.4, -0.2) is 12.1 Å². The summed E-state index contributed by atoms with van der Waals surface area (Å²) < 4.78 is 6.12. The summed E-state index contributed by atoms with van der Waals surface area (Å²) in [5.74, 6) is 9.54. The molecule has 10 unspecified atom stereocenters. The molecular formula is C45H80O2. The summed E-state index contributed by atoms with van der Waals surface area (Å²) in [7, 11) is 0. The van der Waals surface area contributed by atoms with Crippen LogP contribution in [0.2, 0.25) is 0 Å². The minimum atomic E-state index is 0.0916. The van der Waals surface area contributed by atoms with Gasteiger partial charge in [0.05, 0.1) is 0 Å². The van der Waals surface area contributed by atoms with E-state index in [9.17, 15) is 4.79 Å². The number of esters is 1. The predicted octanol–water partition coefficient (Wildman–Crippen LogP) is 13.9. The molecule has 4 aliphatic rings. The van der Waals surface area contributed by atoms with Crippen molar-refractivity contribution >= 4 is 5.97 Å². The molecule has 47 heavy (non-hydrogen) atoms. The third-order valence-corrected chi connectivity index (χ3v) is 14.4. The number of carbonyl (C=O) groups is 1. The topological polar surface area (TPSA) is 26.3 Å². The van der Waals surface area contributed by atoms with Crippen molar-refractivity contribution in [2.24, 2.45) is 59.2 Å². The maximum absolute atomic E-state index is 12.7. The summed E-state index contributed by atoms with van der Waals surface area (Å²) in [6, 6.07) is 0. The molecule has 0 aliphatic heterocycles. The third kappa shape index (κ3) is 12.2. The van der Waals surface area contributed by atoms with E-state index in [0.717, 1.165) is 78.4 Å². The quantitative estimate of drug-likeness (QED) is 0.0661. The van der Waals surface area contributed by atoms with Crippen LogP contribution in [0.4, 0.5) is 0 Å². The summed E-state index contributed by atoms with van der Waals surface area (Å²) >= 11 is 0. The molecule has 4 fully saturated rings. The standard InChI is InChI=1S/C45H80O2/c1-6-8-9-10-11-12-13-14-15-16-17-18-19-20-21-22-45(46)47-38-26-28-40-37(33-38)25-27-43-42(40)32-31-41-39(29-30-44(41)43)35(5)23-24-36(7-2)34(3)4/h12-13,34-44H,6-11,14-33H2,1-5H3. The Bertz CT molecular complexity index is 875. The molecule has 272 valence electrons. The maximum atomic E-state index is 12.7. The highest BCUT2D eigenvalue weighted by Gasteiger charge is 2.52. The summed E-state index contributed by atoms with van der Waals surface area (Å²) in [6.07, 6.45) is 39.3. The lowest BCUT2D eigenvalue weighted by molar-refractivity contribution is -0.154. The molecule has 2 nitrogen and oxygen atoms in total. The average Bonchev–Trinajstić information content (AvgIpc) is 3.51. The van der Waals surface area contributed by atoms with Gasteiger partial charge in [-0.05, 0) is 155 Å². The zero-order chi connectivity index (χ0) is 33.4. The zero-order valence-corrected chi connectivity index (χ0v) is 32.2. The number of carbonyl (C=O) groups excluding carboxylic acids is 1. The molecule has 0 amide bonds. The van der Waals surface area contributed by atoms with E-state index in [-0.39, 0.29) is 12.1 Å². The Balaban J connectivity index is 1.05. The van der Waals surface area contributed by atoms with Crippen molar-refractivity contribution in [2.45, 2.75) is 208 Å². The van der Waals surface area contributed by atoms with Gasteiger partial charge in [-0.25, -0.2) is 0 Å². The van der Waals surface area contributed by atoms with Crippen LogP contribution < -0.4 is 0 Å². The number of unbranched alkanes of at least 4 members (excludes halogenated alkanes) is 11. The van der Waals surface area contributed by atoms with Crippen LogP contribution in [0.5, 0.6) is 0 Å². The smallest absolute Gasteiger partial charge is 0.306 e. The van der Waals surface area contributed by atoms with E-state index in [1.165, 1.54) is 141 Å². The fourth-order valence-corrected chi connectivity index (χ4v) is 11.6. The average molecular weight is 653 g/mol. The Labute approximate surface area is 293 Å². The van der Waals surface area contributed by atoms with E-state index in [1.54, 1.807) is 0 Å². The second-order valence-electron chi connectivity index (χ2n) is 17.7. The second-order valence-corrected chi connectivity index (χ2v) is 17.7. The minimum absolute atomic E-state index is 0.0916. The van der Waals surface area contributed by atoms with Gasteiger partial charge in [-0.15, -0.1) is 0 Å². The first-order valence-electron chi connectivity index (χ1n) is 21.8. The molecule has 0 aromatic carbocycles. The lowest BCUT2D eigenvalue weighted by Crippen LogP contribution is -2.46. The van der Waals surface area contributed by atoms with E-state index >= 15 is 0 Å². The van der Waals surface area contributed by atoms with E-state index < -0.39 is 0 Å². The molecule has 0 saturated heterocycles. The van der Waals surface area contributed by atoms with Crippen molar-refractivity contribution in [1.29, 1.82) is 0 Å². The normalized spacial score (nSPS) is 31.8. The molecule has 4 rings (SSSR count). The SMILES string of the molecule is CCCCCCC=CCCCCCCCCCC(=O)OC1CCC2C(CCC3C2CCC2C(C(C)CCC(CC)C(C)C)CCC23)C1. The Morgan fingerprint density at radius 2 is 1.21 bits per heavy atom. The van der Waals surface area contributed by atoms with E-state index in [1.807, 2.05) is 0 Å². The Hall–Kier alpha value is -0.790. The highest BCUT2D eigenvalue weighted by atomic mass is 16.5. The van der Waals surface area contributed by atoms with Crippen molar-refractivity contribution in [3.63, 3.8) is 0 Å². The predicted molar refractivity (Wildman–Crippen MR) is 202 cm³/mol. The van der Waals surface area contributed by atoms with Crippen molar-refractivity contribution in [3.8, 4) is 0 Å². The lowest BCUT2D eigenvalue weighted by atomic mass is 9.53. The van der Waals surface area contributed by atoms with E-state index in [0.29, 0.717) is 6.42 Å². The molecule has 0 aromatic heterocycles. The lowest BCUT2D eigenvalue weighted by Gasteiger charge is -2.53. The van der Waals surface area contributed by atoms with Crippen LogP contribution in [0.15, 0.2) is 12.2 Å². The molecule has 0 aromatic rings.